The Balaban J connectivity index is 1.54. The smallest absolute Gasteiger partial charge is 0.159 e. The molecular formula is C17H24F2N2. The molecule has 2 fully saturated rings. The molecular weight excluding hydrogens is 270 g/mol. The summed E-state index contributed by atoms with van der Waals surface area (Å²) in [6.07, 6.45) is 7.71. The van der Waals surface area contributed by atoms with Gasteiger partial charge in [-0.25, -0.2) is 8.78 Å². The molecule has 0 bridgehead atoms. The molecule has 1 N–H and O–H groups in total. The Labute approximate surface area is 125 Å². The third-order valence-corrected chi connectivity index (χ3v) is 4.72. The zero-order valence-corrected chi connectivity index (χ0v) is 12.5. The monoisotopic (exact) mass is 294 g/mol. The lowest BCUT2D eigenvalue weighted by Crippen LogP contribution is -2.48. The van der Waals surface area contributed by atoms with Crippen LogP contribution >= 0.6 is 0 Å². The molecule has 1 aliphatic heterocycles. The minimum absolute atomic E-state index is 0.548. The lowest BCUT2D eigenvalue weighted by Gasteiger charge is -2.34. The highest BCUT2D eigenvalue weighted by atomic mass is 19.2. The minimum Gasteiger partial charge on any atom is -0.310 e. The van der Waals surface area contributed by atoms with E-state index >= 15 is 0 Å². The van der Waals surface area contributed by atoms with E-state index in [2.05, 4.69) is 10.2 Å². The minimum atomic E-state index is -0.766. The Hall–Kier alpha value is -1.00. The molecule has 2 nitrogen and oxygen atoms in total. The molecule has 1 aliphatic carbocycles. The Morgan fingerprint density at radius 2 is 1.76 bits per heavy atom. The lowest BCUT2D eigenvalue weighted by atomic mass is 10.0. The molecule has 1 aromatic rings. The summed E-state index contributed by atoms with van der Waals surface area (Å²) in [5.41, 5.74) is 0.857. The second kappa shape index (κ2) is 6.84. The molecule has 21 heavy (non-hydrogen) atoms. The van der Waals surface area contributed by atoms with Crippen LogP contribution in [0.4, 0.5) is 8.78 Å². The fraction of sp³-hybridized carbons (Fsp3) is 0.647. The zero-order valence-electron chi connectivity index (χ0n) is 12.5. The highest BCUT2D eigenvalue weighted by molar-refractivity contribution is 5.17. The van der Waals surface area contributed by atoms with Crippen molar-refractivity contribution in [2.75, 3.05) is 13.1 Å². The fourth-order valence-corrected chi connectivity index (χ4v) is 3.66. The Morgan fingerprint density at radius 1 is 1.00 bits per heavy atom. The van der Waals surface area contributed by atoms with Crippen LogP contribution in [0.2, 0.25) is 0 Å². The van der Waals surface area contributed by atoms with Crippen molar-refractivity contribution in [1.82, 2.24) is 10.2 Å². The van der Waals surface area contributed by atoms with E-state index < -0.39 is 11.6 Å². The van der Waals surface area contributed by atoms with Crippen molar-refractivity contribution in [2.45, 2.75) is 57.2 Å². The summed E-state index contributed by atoms with van der Waals surface area (Å²) in [4.78, 5) is 2.35. The van der Waals surface area contributed by atoms with Gasteiger partial charge >= 0.3 is 0 Å². The predicted molar refractivity (Wildman–Crippen MR) is 80.0 cm³/mol. The van der Waals surface area contributed by atoms with E-state index in [1.165, 1.54) is 50.7 Å². The molecule has 1 aromatic carbocycles. The summed E-state index contributed by atoms with van der Waals surface area (Å²) in [6.45, 7) is 2.76. The van der Waals surface area contributed by atoms with Gasteiger partial charge in [-0.1, -0.05) is 18.9 Å². The molecule has 0 radical (unpaired) electrons. The topological polar surface area (TPSA) is 15.3 Å². The number of benzene rings is 1. The van der Waals surface area contributed by atoms with Gasteiger partial charge in [0.2, 0.25) is 0 Å². The van der Waals surface area contributed by atoms with E-state index in [0.29, 0.717) is 18.6 Å². The first-order valence-electron chi connectivity index (χ1n) is 8.13. The van der Waals surface area contributed by atoms with Gasteiger partial charge in [0.15, 0.2) is 11.6 Å². The highest BCUT2D eigenvalue weighted by Crippen LogP contribution is 2.21. The number of rotatable bonds is 4. The maximum atomic E-state index is 13.3. The largest absolute Gasteiger partial charge is 0.310 e. The van der Waals surface area contributed by atoms with Crippen LogP contribution in [0.15, 0.2) is 18.2 Å². The summed E-state index contributed by atoms with van der Waals surface area (Å²) < 4.78 is 26.2. The van der Waals surface area contributed by atoms with Crippen LogP contribution in [-0.2, 0) is 6.54 Å². The average molecular weight is 294 g/mol. The molecule has 116 valence electrons. The van der Waals surface area contributed by atoms with Gasteiger partial charge in [-0.15, -0.1) is 0 Å². The molecule has 4 heteroatoms. The quantitative estimate of drug-likeness (QED) is 0.915. The first-order chi connectivity index (χ1) is 10.2. The Kier molecular flexibility index (Phi) is 4.86. The molecule has 3 rings (SSSR count). The third-order valence-electron chi connectivity index (χ3n) is 4.72. The number of nitrogens with zero attached hydrogens (tertiary/aromatic N) is 1. The second-order valence-electron chi connectivity index (χ2n) is 6.47. The van der Waals surface area contributed by atoms with E-state index in [-0.39, 0.29) is 0 Å². The second-order valence-corrected chi connectivity index (χ2v) is 6.47. The summed E-state index contributed by atoms with van der Waals surface area (Å²) in [5, 5.41) is 3.78. The van der Waals surface area contributed by atoms with E-state index in [4.69, 9.17) is 0 Å². The maximum Gasteiger partial charge on any atom is 0.159 e. The van der Waals surface area contributed by atoms with Crippen LogP contribution in [0, 0.1) is 11.6 Å². The number of hydrogen-bond acceptors (Lipinski definition) is 2. The molecule has 0 spiro atoms. The molecule has 1 saturated carbocycles. The third kappa shape index (κ3) is 4.01. The standard InChI is InChI=1S/C17H24F2N2/c18-16-8-7-13(10-17(16)19)11-21-9-3-6-15(12-21)20-14-4-1-2-5-14/h7-8,10,14-15,20H,1-6,9,11-12H2. The van der Waals surface area contributed by atoms with Crippen molar-refractivity contribution in [3.63, 3.8) is 0 Å². The summed E-state index contributed by atoms with van der Waals surface area (Å²) >= 11 is 0. The average Bonchev–Trinajstić information content (AvgIpc) is 2.96. The first-order valence-corrected chi connectivity index (χ1v) is 8.13. The Bertz CT molecular complexity index is 472. The van der Waals surface area contributed by atoms with E-state index in [1.54, 1.807) is 6.07 Å². The first kappa shape index (κ1) is 14.9. The van der Waals surface area contributed by atoms with Crippen LogP contribution in [0.3, 0.4) is 0 Å². The predicted octanol–water partition coefficient (Wildman–Crippen LogP) is 3.46. The van der Waals surface area contributed by atoms with Crippen molar-refractivity contribution in [1.29, 1.82) is 0 Å². The molecule has 0 aromatic heterocycles. The summed E-state index contributed by atoms with van der Waals surface area (Å²) in [6, 6.07) is 5.48. The fourth-order valence-electron chi connectivity index (χ4n) is 3.66. The molecule has 1 atom stereocenters. The van der Waals surface area contributed by atoms with Gasteiger partial charge in [0, 0.05) is 25.2 Å². The van der Waals surface area contributed by atoms with Crippen molar-refractivity contribution >= 4 is 0 Å². The molecule has 2 aliphatic rings. The maximum absolute atomic E-state index is 13.3. The van der Waals surface area contributed by atoms with Crippen LogP contribution in [0.1, 0.15) is 44.1 Å². The van der Waals surface area contributed by atoms with Gasteiger partial charge in [0.25, 0.3) is 0 Å². The van der Waals surface area contributed by atoms with E-state index in [1.807, 2.05) is 0 Å². The van der Waals surface area contributed by atoms with Gasteiger partial charge in [-0.3, -0.25) is 4.90 Å². The SMILES string of the molecule is Fc1ccc(CN2CCCC(NC3CCCC3)C2)cc1F. The van der Waals surface area contributed by atoms with Crippen molar-refractivity contribution in [3.8, 4) is 0 Å². The van der Waals surface area contributed by atoms with E-state index in [9.17, 15) is 8.78 Å². The van der Waals surface area contributed by atoms with Gasteiger partial charge in [0.05, 0.1) is 0 Å². The molecule has 1 saturated heterocycles. The number of halogens is 2. The van der Waals surface area contributed by atoms with Gasteiger partial charge < -0.3 is 5.32 Å². The summed E-state index contributed by atoms with van der Waals surface area (Å²) in [5.74, 6) is -1.51. The zero-order chi connectivity index (χ0) is 14.7. The van der Waals surface area contributed by atoms with E-state index in [0.717, 1.165) is 18.7 Å². The summed E-state index contributed by atoms with van der Waals surface area (Å²) in [7, 11) is 0. The van der Waals surface area contributed by atoms with Crippen molar-refractivity contribution in [3.05, 3.63) is 35.4 Å². The van der Waals surface area contributed by atoms with Crippen LogP contribution in [-0.4, -0.2) is 30.1 Å². The Morgan fingerprint density at radius 3 is 2.52 bits per heavy atom. The number of nitrogens with one attached hydrogen (secondary N) is 1. The van der Waals surface area contributed by atoms with Crippen molar-refractivity contribution in [2.24, 2.45) is 0 Å². The molecule has 0 amide bonds. The van der Waals surface area contributed by atoms with Crippen LogP contribution < -0.4 is 5.32 Å². The number of piperidine rings is 1. The van der Waals surface area contributed by atoms with Gasteiger partial charge in [-0.2, -0.15) is 0 Å². The van der Waals surface area contributed by atoms with Gasteiger partial charge in [-0.05, 0) is 49.9 Å². The van der Waals surface area contributed by atoms with Crippen molar-refractivity contribution < 1.29 is 8.78 Å². The number of hydrogen-bond donors (Lipinski definition) is 1. The molecule has 1 heterocycles. The highest BCUT2D eigenvalue weighted by Gasteiger charge is 2.24. The van der Waals surface area contributed by atoms with Crippen LogP contribution in [0.5, 0.6) is 0 Å². The lowest BCUT2D eigenvalue weighted by molar-refractivity contribution is 0.175. The normalized spacial score (nSPS) is 24.6. The van der Waals surface area contributed by atoms with Gasteiger partial charge in [0.1, 0.15) is 0 Å². The number of likely N-dealkylation sites (tertiary alicyclic amines) is 1. The molecule has 1 unspecified atom stereocenters. The van der Waals surface area contributed by atoms with Crippen LogP contribution in [0.25, 0.3) is 0 Å².